The molecule has 32 heavy (non-hydrogen) atoms. The molecule has 3 rings (SSSR count). The Hall–Kier alpha value is -3.68. The van der Waals surface area contributed by atoms with Crippen LogP contribution in [0.25, 0.3) is 0 Å². The molecule has 2 amide bonds. The second kappa shape index (κ2) is 10.6. The molecule has 0 saturated heterocycles. The maximum atomic E-state index is 12.1. The van der Waals surface area contributed by atoms with Crippen molar-refractivity contribution in [3.8, 4) is 5.75 Å². The molecule has 3 aromatic carbocycles. The van der Waals surface area contributed by atoms with Crippen LogP contribution >= 0.6 is 23.2 Å². The minimum absolute atomic E-state index is 0.336. The van der Waals surface area contributed by atoms with Crippen LogP contribution < -0.4 is 15.5 Å². The van der Waals surface area contributed by atoms with E-state index in [-0.39, 0.29) is 0 Å². The van der Waals surface area contributed by atoms with Crippen molar-refractivity contribution in [3.63, 3.8) is 0 Å². The third kappa shape index (κ3) is 6.16. The number of carbonyl (C=O) groups excluding carboxylic acids is 3. The molecule has 0 radical (unpaired) electrons. The van der Waals surface area contributed by atoms with Crippen molar-refractivity contribution in [2.75, 3.05) is 5.32 Å². The molecule has 0 aliphatic rings. The highest BCUT2D eigenvalue weighted by atomic mass is 35.5. The van der Waals surface area contributed by atoms with E-state index in [0.717, 1.165) is 0 Å². The van der Waals surface area contributed by atoms with E-state index >= 15 is 0 Å². The summed E-state index contributed by atoms with van der Waals surface area (Å²) < 4.78 is 5.29. The molecule has 2 N–H and O–H groups in total. The molecule has 3 aromatic rings. The summed E-state index contributed by atoms with van der Waals surface area (Å²) in [6, 6.07) is 17.7. The summed E-state index contributed by atoms with van der Waals surface area (Å²) in [4.78, 5) is 36.0. The Morgan fingerprint density at radius 3 is 2.28 bits per heavy atom. The number of halogens is 2. The normalized spacial score (nSPS) is 10.6. The topological polar surface area (TPSA) is 96.9 Å². The molecule has 9 heteroatoms. The molecular formula is C23H17Cl2N3O4. The van der Waals surface area contributed by atoms with Gasteiger partial charge in [-0.3, -0.25) is 9.59 Å². The Morgan fingerprint density at radius 2 is 1.59 bits per heavy atom. The zero-order valence-electron chi connectivity index (χ0n) is 16.8. The van der Waals surface area contributed by atoms with E-state index in [9.17, 15) is 14.4 Å². The Labute approximate surface area is 194 Å². The van der Waals surface area contributed by atoms with Gasteiger partial charge < -0.3 is 10.1 Å². The molecule has 0 unspecified atom stereocenters. The number of ether oxygens (including phenoxy) is 1. The van der Waals surface area contributed by atoms with Gasteiger partial charge in [-0.2, -0.15) is 5.10 Å². The van der Waals surface area contributed by atoms with E-state index in [4.69, 9.17) is 27.9 Å². The molecule has 162 valence electrons. The van der Waals surface area contributed by atoms with Gasteiger partial charge in [-0.25, -0.2) is 10.2 Å². The number of anilines is 1. The maximum absolute atomic E-state index is 12.1. The van der Waals surface area contributed by atoms with Crippen LogP contribution in [0.15, 0.2) is 71.8 Å². The Bertz CT molecular complexity index is 1180. The minimum atomic E-state index is -0.936. The van der Waals surface area contributed by atoms with Gasteiger partial charge in [-0.1, -0.05) is 29.3 Å². The van der Waals surface area contributed by atoms with Crippen molar-refractivity contribution in [2.24, 2.45) is 5.10 Å². The fraction of sp³-hybridized carbons (Fsp3) is 0.0435. The number of benzene rings is 3. The second-order valence-corrected chi connectivity index (χ2v) is 7.37. The van der Waals surface area contributed by atoms with Crippen LogP contribution in [0.2, 0.25) is 10.0 Å². The number of rotatable bonds is 5. The molecule has 0 heterocycles. The van der Waals surface area contributed by atoms with Gasteiger partial charge in [0.25, 0.3) is 0 Å². The number of hydrogen-bond acceptors (Lipinski definition) is 5. The molecule has 0 aliphatic carbocycles. The quantitative estimate of drug-likeness (QED) is 0.187. The standard InChI is InChI=1S/C23H17Cl2N3O4/c1-14-19(25)3-2-4-20(14)27-21(29)22(30)28-26-13-15-5-11-18(12-6-15)32-23(31)16-7-9-17(24)10-8-16/h2-13H,1H3,(H,27,29)(H,28,30)/b26-13-. The van der Waals surface area contributed by atoms with E-state index in [1.54, 1.807) is 73.7 Å². The number of carbonyl (C=O) groups is 3. The maximum Gasteiger partial charge on any atom is 0.343 e. The number of hydrogen-bond donors (Lipinski definition) is 2. The van der Waals surface area contributed by atoms with E-state index in [1.165, 1.54) is 6.21 Å². The van der Waals surface area contributed by atoms with Crippen molar-refractivity contribution >= 4 is 52.9 Å². The predicted molar refractivity (Wildman–Crippen MR) is 123 cm³/mol. The average Bonchev–Trinajstić information content (AvgIpc) is 2.78. The van der Waals surface area contributed by atoms with Crippen LogP contribution in [-0.4, -0.2) is 24.0 Å². The molecular weight excluding hydrogens is 453 g/mol. The first kappa shape index (κ1) is 23.0. The van der Waals surface area contributed by atoms with Crippen LogP contribution in [0, 0.1) is 6.92 Å². The minimum Gasteiger partial charge on any atom is -0.423 e. The van der Waals surface area contributed by atoms with Gasteiger partial charge in [-0.15, -0.1) is 0 Å². The largest absolute Gasteiger partial charge is 0.423 e. The van der Waals surface area contributed by atoms with E-state index in [0.29, 0.717) is 38.2 Å². The second-order valence-electron chi connectivity index (χ2n) is 6.53. The highest BCUT2D eigenvalue weighted by molar-refractivity contribution is 6.40. The molecule has 7 nitrogen and oxygen atoms in total. The first-order valence-electron chi connectivity index (χ1n) is 9.31. The van der Waals surface area contributed by atoms with Crippen LogP contribution in [0.5, 0.6) is 5.75 Å². The molecule has 0 fully saturated rings. The van der Waals surface area contributed by atoms with Crippen molar-refractivity contribution in [3.05, 3.63) is 93.5 Å². The Balaban J connectivity index is 1.52. The summed E-state index contributed by atoms with van der Waals surface area (Å²) in [6.45, 7) is 1.73. The van der Waals surface area contributed by atoms with E-state index in [2.05, 4.69) is 15.8 Å². The summed E-state index contributed by atoms with van der Waals surface area (Å²) >= 11 is 11.8. The first-order chi connectivity index (χ1) is 15.3. The monoisotopic (exact) mass is 469 g/mol. The molecule has 0 spiro atoms. The number of nitrogens with zero attached hydrogens (tertiary/aromatic N) is 1. The van der Waals surface area contributed by atoms with Crippen molar-refractivity contribution in [1.29, 1.82) is 0 Å². The van der Waals surface area contributed by atoms with Crippen LogP contribution in [0.4, 0.5) is 5.69 Å². The summed E-state index contributed by atoms with van der Waals surface area (Å²) in [7, 11) is 0. The van der Waals surface area contributed by atoms with Gasteiger partial charge in [0.1, 0.15) is 5.75 Å². The summed E-state index contributed by atoms with van der Waals surface area (Å²) in [5.41, 5.74) is 4.21. The van der Waals surface area contributed by atoms with E-state index in [1.807, 2.05) is 0 Å². The molecule has 0 aliphatic heterocycles. The van der Waals surface area contributed by atoms with Crippen molar-refractivity contribution < 1.29 is 19.1 Å². The number of esters is 1. The van der Waals surface area contributed by atoms with Crippen molar-refractivity contribution in [1.82, 2.24) is 5.43 Å². The van der Waals surface area contributed by atoms with Gasteiger partial charge in [0.2, 0.25) is 0 Å². The third-order valence-corrected chi connectivity index (χ3v) is 4.93. The van der Waals surface area contributed by atoms with Crippen molar-refractivity contribution in [2.45, 2.75) is 6.92 Å². The molecule has 0 bridgehead atoms. The lowest BCUT2D eigenvalue weighted by Crippen LogP contribution is -2.32. The highest BCUT2D eigenvalue weighted by Gasteiger charge is 2.14. The molecule has 0 aromatic heterocycles. The van der Waals surface area contributed by atoms with Crippen LogP contribution in [0.1, 0.15) is 21.5 Å². The fourth-order valence-electron chi connectivity index (χ4n) is 2.51. The first-order valence-corrected chi connectivity index (χ1v) is 10.1. The zero-order chi connectivity index (χ0) is 23.1. The van der Waals surface area contributed by atoms with Gasteiger partial charge >= 0.3 is 17.8 Å². The van der Waals surface area contributed by atoms with Crippen LogP contribution in [0.3, 0.4) is 0 Å². The SMILES string of the molecule is Cc1c(Cl)cccc1NC(=O)C(=O)N/N=C\c1ccc(OC(=O)c2ccc(Cl)cc2)cc1. The zero-order valence-corrected chi connectivity index (χ0v) is 18.3. The number of hydrazone groups is 1. The molecule has 0 atom stereocenters. The average molecular weight is 470 g/mol. The number of amides is 2. The van der Waals surface area contributed by atoms with E-state index < -0.39 is 17.8 Å². The van der Waals surface area contributed by atoms with Gasteiger partial charge in [-0.05, 0) is 78.7 Å². The summed E-state index contributed by atoms with van der Waals surface area (Å²) in [5, 5.41) is 7.23. The fourth-order valence-corrected chi connectivity index (χ4v) is 2.81. The molecule has 0 saturated carbocycles. The predicted octanol–water partition coefficient (Wildman–Crippen LogP) is 4.61. The van der Waals surface area contributed by atoms with Crippen LogP contribution in [-0.2, 0) is 9.59 Å². The third-order valence-electron chi connectivity index (χ3n) is 4.27. The summed E-state index contributed by atoms with van der Waals surface area (Å²) in [5.74, 6) is -2.00. The highest BCUT2D eigenvalue weighted by Crippen LogP contribution is 2.22. The lowest BCUT2D eigenvalue weighted by Gasteiger charge is -2.08. The lowest BCUT2D eigenvalue weighted by atomic mass is 10.2. The Kier molecular flexibility index (Phi) is 7.59. The van der Waals surface area contributed by atoms with Gasteiger partial charge in [0.15, 0.2) is 0 Å². The lowest BCUT2D eigenvalue weighted by molar-refractivity contribution is -0.136. The smallest absolute Gasteiger partial charge is 0.343 e. The summed E-state index contributed by atoms with van der Waals surface area (Å²) in [6.07, 6.45) is 1.35. The van der Waals surface area contributed by atoms with Gasteiger partial charge in [0, 0.05) is 15.7 Å². The number of nitrogens with one attached hydrogen (secondary N) is 2. The van der Waals surface area contributed by atoms with Gasteiger partial charge in [0.05, 0.1) is 11.8 Å². The Morgan fingerprint density at radius 1 is 0.906 bits per heavy atom.